The Morgan fingerprint density at radius 1 is 1.16 bits per heavy atom. The van der Waals surface area contributed by atoms with Gasteiger partial charge < -0.3 is 10.4 Å². The number of para-hydroxylation sites is 1. The number of nitrogens with one attached hydrogen (secondary N) is 1. The Bertz CT molecular complexity index is 626. The fourth-order valence-electron chi connectivity index (χ4n) is 1.49. The van der Waals surface area contributed by atoms with E-state index in [1.807, 2.05) is 0 Å². The Morgan fingerprint density at radius 3 is 2.37 bits per heavy atom. The summed E-state index contributed by atoms with van der Waals surface area (Å²) >= 11 is 6.62. The number of anilines is 1. The smallest absolute Gasteiger partial charge is 0.259 e. The lowest BCUT2D eigenvalue weighted by Crippen LogP contribution is -2.13. The van der Waals surface area contributed by atoms with Gasteiger partial charge in [-0.15, -0.1) is 0 Å². The van der Waals surface area contributed by atoms with Crippen LogP contribution in [0.5, 0.6) is 5.75 Å². The van der Waals surface area contributed by atoms with E-state index in [-0.39, 0.29) is 5.56 Å². The van der Waals surface area contributed by atoms with Gasteiger partial charge in [0, 0.05) is 15.0 Å². The van der Waals surface area contributed by atoms with Gasteiger partial charge in [-0.2, -0.15) is 0 Å². The number of carbonyl (C=O) groups is 1. The van der Waals surface area contributed by atoms with Crippen LogP contribution in [-0.4, -0.2) is 11.0 Å². The molecule has 0 bridgehead atoms. The minimum atomic E-state index is -0.601. The van der Waals surface area contributed by atoms with Crippen LogP contribution in [0.4, 0.5) is 10.1 Å². The molecule has 0 radical (unpaired) electrons. The van der Waals surface area contributed by atoms with Gasteiger partial charge in [-0.3, -0.25) is 4.79 Å². The van der Waals surface area contributed by atoms with E-state index in [1.165, 1.54) is 6.07 Å². The molecule has 98 valence electrons. The number of rotatable bonds is 2. The lowest BCUT2D eigenvalue weighted by molar-refractivity contribution is 0.102. The molecule has 2 aromatic rings. The molecular weight excluding hydrogens is 381 g/mol. The molecule has 2 N–H and O–H groups in total. The minimum absolute atomic E-state index is 0.00375. The maximum Gasteiger partial charge on any atom is 0.259 e. The number of aromatic hydroxyl groups is 1. The highest BCUT2D eigenvalue weighted by molar-refractivity contribution is 9.11. The maximum absolute atomic E-state index is 12.9. The zero-order valence-corrected chi connectivity index (χ0v) is 12.6. The van der Waals surface area contributed by atoms with Gasteiger partial charge in [0.25, 0.3) is 5.91 Å². The second-order valence-corrected chi connectivity index (χ2v) is 5.42. The van der Waals surface area contributed by atoms with Crippen LogP contribution in [0, 0.1) is 5.82 Å². The van der Waals surface area contributed by atoms with Gasteiger partial charge in [0.15, 0.2) is 0 Å². The molecule has 0 saturated heterocycles. The molecule has 1 amide bonds. The van der Waals surface area contributed by atoms with Crippen LogP contribution in [0.2, 0.25) is 0 Å². The Labute approximate surface area is 125 Å². The highest BCUT2D eigenvalue weighted by Crippen LogP contribution is 2.31. The van der Waals surface area contributed by atoms with Gasteiger partial charge in [0.05, 0.1) is 11.3 Å². The van der Waals surface area contributed by atoms with Crippen molar-refractivity contribution >= 4 is 43.5 Å². The zero-order chi connectivity index (χ0) is 14.0. The van der Waals surface area contributed by atoms with E-state index in [0.717, 1.165) is 12.1 Å². The Morgan fingerprint density at radius 2 is 1.79 bits per heavy atom. The van der Waals surface area contributed by atoms with Crippen LogP contribution >= 0.6 is 31.9 Å². The first-order valence-corrected chi connectivity index (χ1v) is 6.81. The van der Waals surface area contributed by atoms with Crippen molar-refractivity contribution in [3.05, 3.63) is 56.7 Å². The van der Waals surface area contributed by atoms with Gasteiger partial charge in [-0.1, -0.05) is 6.07 Å². The minimum Gasteiger partial charge on any atom is -0.507 e. The zero-order valence-electron chi connectivity index (χ0n) is 9.45. The van der Waals surface area contributed by atoms with Crippen molar-refractivity contribution in [1.82, 2.24) is 0 Å². The highest BCUT2D eigenvalue weighted by Gasteiger charge is 2.14. The van der Waals surface area contributed by atoms with Crippen LogP contribution in [0.1, 0.15) is 10.4 Å². The van der Waals surface area contributed by atoms with Crippen molar-refractivity contribution in [2.45, 2.75) is 0 Å². The van der Waals surface area contributed by atoms with Crippen LogP contribution < -0.4 is 5.32 Å². The average Bonchev–Trinajstić information content (AvgIpc) is 2.33. The van der Waals surface area contributed by atoms with E-state index in [2.05, 4.69) is 37.2 Å². The molecule has 2 aromatic carbocycles. The molecule has 0 aliphatic heterocycles. The first-order chi connectivity index (χ1) is 8.99. The Hall–Kier alpha value is -1.40. The summed E-state index contributed by atoms with van der Waals surface area (Å²) in [5.41, 5.74) is 0.542. The largest absolute Gasteiger partial charge is 0.507 e. The molecule has 0 fully saturated rings. The molecule has 0 unspecified atom stereocenters. The van der Waals surface area contributed by atoms with Crippen molar-refractivity contribution in [2.24, 2.45) is 0 Å². The average molecular weight is 389 g/mol. The van der Waals surface area contributed by atoms with Gasteiger partial charge >= 0.3 is 0 Å². The number of amides is 1. The molecule has 0 heterocycles. The lowest BCUT2D eigenvalue weighted by Gasteiger charge is -2.10. The van der Waals surface area contributed by atoms with Crippen LogP contribution in [0.15, 0.2) is 45.3 Å². The first-order valence-electron chi connectivity index (χ1n) is 5.23. The Balaban J connectivity index is 2.31. The van der Waals surface area contributed by atoms with Gasteiger partial charge in [0.1, 0.15) is 11.6 Å². The molecule has 0 atom stereocenters. The van der Waals surface area contributed by atoms with E-state index >= 15 is 0 Å². The van der Waals surface area contributed by atoms with E-state index in [9.17, 15) is 14.3 Å². The monoisotopic (exact) mass is 387 g/mol. The van der Waals surface area contributed by atoms with E-state index < -0.39 is 17.5 Å². The summed E-state index contributed by atoms with van der Waals surface area (Å²) in [5, 5.41) is 12.2. The standard InChI is InChI=1S/C13H8Br2FNO2/c14-9-2-1-3-10(15)12(9)17-13(19)8-5-4-7(16)6-11(8)18/h1-6,18H,(H,17,19). The van der Waals surface area contributed by atoms with E-state index in [1.54, 1.807) is 18.2 Å². The number of hydrogen-bond donors (Lipinski definition) is 2. The fourth-order valence-corrected chi connectivity index (χ4v) is 2.69. The molecule has 0 spiro atoms. The number of hydrogen-bond acceptors (Lipinski definition) is 2. The summed E-state index contributed by atoms with van der Waals surface area (Å²) in [7, 11) is 0. The third-order valence-corrected chi connectivity index (χ3v) is 3.73. The molecule has 3 nitrogen and oxygen atoms in total. The van der Waals surface area contributed by atoms with Crippen molar-refractivity contribution in [2.75, 3.05) is 5.32 Å². The summed E-state index contributed by atoms with van der Waals surface area (Å²) < 4.78 is 14.2. The summed E-state index contributed by atoms with van der Waals surface area (Å²) in [4.78, 5) is 12.0. The second-order valence-electron chi connectivity index (χ2n) is 3.71. The highest BCUT2D eigenvalue weighted by atomic mass is 79.9. The number of phenolic OH excluding ortho intramolecular Hbond substituents is 1. The lowest BCUT2D eigenvalue weighted by atomic mass is 10.2. The molecule has 6 heteroatoms. The number of carbonyl (C=O) groups excluding carboxylic acids is 1. The first kappa shape index (κ1) is 14.0. The van der Waals surface area contributed by atoms with Crippen molar-refractivity contribution in [3.63, 3.8) is 0 Å². The quantitative estimate of drug-likeness (QED) is 0.805. The van der Waals surface area contributed by atoms with E-state index in [0.29, 0.717) is 14.6 Å². The topological polar surface area (TPSA) is 49.3 Å². The summed E-state index contributed by atoms with van der Waals surface area (Å²) in [5.74, 6) is -1.53. The predicted octanol–water partition coefficient (Wildman–Crippen LogP) is 4.31. The van der Waals surface area contributed by atoms with Crippen molar-refractivity contribution in [3.8, 4) is 5.75 Å². The summed E-state index contributed by atoms with van der Waals surface area (Å²) in [6.07, 6.45) is 0. The predicted molar refractivity (Wildman–Crippen MR) is 77.9 cm³/mol. The maximum atomic E-state index is 12.9. The molecule has 0 saturated carbocycles. The fraction of sp³-hybridized carbons (Fsp3) is 0. The van der Waals surface area contributed by atoms with Crippen LogP contribution in [-0.2, 0) is 0 Å². The SMILES string of the molecule is O=C(Nc1c(Br)cccc1Br)c1ccc(F)cc1O. The molecule has 19 heavy (non-hydrogen) atoms. The second kappa shape index (κ2) is 5.71. The normalized spacial score (nSPS) is 10.3. The van der Waals surface area contributed by atoms with Gasteiger partial charge in [0.2, 0.25) is 0 Å². The molecule has 0 aliphatic carbocycles. The van der Waals surface area contributed by atoms with Gasteiger partial charge in [-0.25, -0.2) is 4.39 Å². The van der Waals surface area contributed by atoms with Crippen molar-refractivity contribution < 1.29 is 14.3 Å². The van der Waals surface area contributed by atoms with Gasteiger partial charge in [-0.05, 0) is 56.1 Å². The third-order valence-electron chi connectivity index (χ3n) is 2.41. The Kier molecular flexibility index (Phi) is 4.21. The summed E-state index contributed by atoms with van der Waals surface area (Å²) in [6.45, 7) is 0. The molecule has 2 rings (SSSR count). The number of phenols is 1. The molecule has 0 aromatic heterocycles. The summed E-state index contributed by atoms with van der Waals surface area (Å²) in [6, 6.07) is 8.58. The van der Waals surface area contributed by atoms with Crippen LogP contribution in [0.3, 0.4) is 0 Å². The van der Waals surface area contributed by atoms with Crippen molar-refractivity contribution in [1.29, 1.82) is 0 Å². The molecular formula is C13H8Br2FNO2. The number of benzene rings is 2. The van der Waals surface area contributed by atoms with Crippen LogP contribution in [0.25, 0.3) is 0 Å². The third kappa shape index (κ3) is 3.13. The van der Waals surface area contributed by atoms with E-state index in [4.69, 9.17) is 0 Å². The molecule has 0 aliphatic rings. The number of halogens is 3.